The van der Waals surface area contributed by atoms with Crippen molar-refractivity contribution in [2.24, 2.45) is 0 Å². The fraction of sp³-hybridized carbons (Fsp3) is 0.455. The van der Waals surface area contributed by atoms with E-state index >= 15 is 0 Å². The molecule has 1 N–H and O–H groups in total. The van der Waals surface area contributed by atoms with Gasteiger partial charge in [0, 0.05) is 4.47 Å². The van der Waals surface area contributed by atoms with Crippen LogP contribution in [0.15, 0.2) is 22.7 Å². The molecule has 1 unspecified atom stereocenters. The zero-order chi connectivity index (χ0) is 9.84. The van der Waals surface area contributed by atoms with Crippen LogP contribution in [0.2, 0.25) is 0 Å². The van der Waals surface area contributed by atoms with Gasteiger partial charge < -0.3 is 5.11 Å². The van der Waals surface area contributed by atoms with E-state index in [-0.39, 0.29) is 6.10 Å². The van der Waals surface area contributed by atoms with Crippen molar-refractivity contribution in [1.29, 1.82) is 0 Å². The first kappa shape index (κ1) is 10.7. The molecule has 1 aromatic rings. The molecule has 1 atom stereocenters. The molecule has 1 rings (SSSR count). The van der Waals surface area contributed by atoms with Gasteiger partial charge in [0.2, 0.25) is 0 Å². The van der Waals surface area contributed by atoms with E-state index in [0.717, 1.165) is 17.3 Å². The first-order valence-electron chi connectivity index (χ1n) is 4.52. The van der Waals surface area contributed by atoms with Gasteiger partial charge in [0.1, 0.15) is 0 Å². The Morgan fingerprint density at radius 2 is 2.08 bits per heavy atom. The summed E-state index contributed by atoms with van der Waals surface area (Å²) in [5, 5.41) is 9.14. The lowest BCUT2D eigenvalue weighted by atomic mass is 10.1. The molecule has 0 aliphatic rings. The van der Waals surface area contributed by atoms with Crippen LogP contribution in [-0.2, 0) is 6.42 Å². The van der Waals surface area contributed by atoms with Crippen LogP contribution in [0.3, 0.4) is 0 Å². The second-order valence-corrected chi connectivity index (χ2v) is 4.44. The second kappa shape index (κ2) is 4.77. The summed E-state index contributed by atoms with van der Waals surface area (Å²) >= 11 is 3.46. The third-order valence-electron chi connectivity index (χ3n) is 1.95. The zero-order valence-corrected chi connectivity index (χ0v) is 9.63. The third kappa shape index (κ3) is 3.92. The smallest absolute Gasteiger partial charge is 0.0515 e. The van der Waals surface area contributed by atoms with Crippen molar-refractivity contribution < 1.29 is 5.11 Å². The normalized spacial score (nSPS) is 12.9. The Morgan fingerprint density at radius 3 is 2.62 bits per heavy atom. The van der Waals surface area contributed by atoms with Crippen molar-refractivity contribution >= 4 is 15.9 Å². The summed E-state index contributed by atoms with van der Waals surface area (Å²) in [4.78, 5) is 0. The molecule has 1 nitrogen and oxygen atoms in total. The molecule has 0 fully saturated rings. The molecular weight excluding hydrogens is 228 g/mol. The average Bonchev–Trinajstić information content (AvgIpc) is 1.99. The van der Waals surface area contributed by atoms with Gasteiger partial charge in [-0.3, -0.25) is 0 Å². The topological polar surface area (TPSA) is 20.2 Å². The molecular formula is C11H15BrO. The van der Waals surface area contributed by atoms with Gasteiger partial charge in [-0.2, -0.15) is 0 Å². The van der Waals surface area contributed by atoms with E-state index in [0.29, 0.717) is 0 Å². The predicted octanol–water partition coefficient (Wildman–Crippen LogP) is 3.07. The molecule has 0 bridgehead atoms. The van der Waals surface area contributed by atoms with Gasteiger partial charge in [0.15, 0.2) is 0 Å². The highest BCUT2D eigenvalue weighted by atomic mass is 79.9. The predicted molar refractivity (Wildman–Crippen MR) is 58.9 cm³/mol. The lowest BCUT2D eigenvalue weighted by Gasteiger charge is -2.05. The van der Waals surface area contributed by atoms with E-state index < -0.39 is 0 Å². The largest absolute Gasteiger partial charge is 0.393 e. The number of halogens is 1. The van der Waals surface area contributed by atoms with E-state index in [1.54, 1.807) is 0 Å². The molecule has 72 valence electrons. The molecule has 0 amide bonds. The minimum absolute atomic E-state index is 0.209. The quantitative estimate of drug-likeness (QED) is 0.864. The SMILES string of the molecule is Cc1cc(Br)cc(CCC(C)O)c1. The summed E-state index contributed by atoms with van der Waals surface area (Å²) < 4.78 is 1.12. The maximum atomic E-state index is 9.14. The Hall–Kier alpha value is -0.340. The maximum Gasteiger partial charge on any atom is 0.0515 e. The van der Waals surface area contributed by atoms with Gasteiger partial charge >= 0.3 is 0 Å². The van der Waals surface area contributed by atoms with Gasteiger partial charge in [-0.1, -0.05) is 22.0 Å². The fourth-order valence-corrected chi connectivity index (χ4v) is 1.99. The van der Waals surface area contributed by atoms with Crippen molar-refractivity contribution in [3.05, 3.63) is 33.8 Å². The van der Waals surface area contributed by atoms with Crippen LogP contribution in [0.5, 0.6) is 0 Å². The van der Waals surface area contributed by atoms with Crippen molar-refractivity contribution in [2.75, 3.05) is 0 Å². The Balaban J connectivity index is 2.66. The molecule has 1 aromatic carbocycles. The fourth-order valence-electron chi connectivity index (χ4n) is 1.33. The molecule has 0 aromatic heterocycles. The maximum absolute atomic E-state index is 9.14. The first-order valence-corrected chi connectivity index (χ1v) is 5.31. The van der Waals surface area contributed by atoms with Crippen LogP contribution >= 0.6 is 15.9 Å². The number of hydrogen-bond donors (Lipinski definition) is 1. The summed E-state index contributed by atoms with van der Waals surface area (Å²) in [6.07, 6.45) is 1.56. The Bertz CT molecular complexity index is 261. The van der Waals surface area contributed by atoms with Crippen LogP contribution in [0, 0.1) is 6.92 Å². The van der Waals surface area contributed by atoms with E-state index in [1.165, 1.54) is 11.1 Å². The summed E-state index contributed by atoms with van der Waals surface area (Å²) in [6, 6.07) is 6.36. The van der Waals surface area contributed by atoms with Gasteiger partial charge in [0.25, 0.3) is 0 Å². The standard InChI is InChI=1S/C11H15BrO/c1-8-5-10(4-3-9(2)13)7-11(12)6-8/h5-7,9,13H,3-4H2,1-2H3. The van der Waals surface area contributed by atoms with Crippen LogP contribution in [0.4, 0.5) is 0 Å². The van der Waals surface area contributed by atoms with Gasteiger partial charge in [-0.05, 0) is 49.9 Å². The molecule has 0 aliphatic heterocycles. The van der Waals surface area contributed by atoms with Crippen molar-refractivity contribution in [3.8, 4) is 0 Å². The first-order chi connectivity index (χ1) is 6.08. The summed E-state index contributed by atoms with van der Waals surface area (Å²) in [5.41, 5.74) is 2.54. The second-order valence-electron chi connectivity index (χ2n) is 3.52. The molecule has 0 heterocycles. The summed E-state index contributed by atoms with van der Waals surface area (Å²) in [6.45, 7) is 3.90. The average molecular weight is 243 g/mol. The number of hydrogen-bond acceptors (Lipinski definition) is 1. The number of benzene rings is 1. The zero-order valence-electron chi connectivity index (χ0n) is 8.05. The van der Waals surface area contributed by atoms with Crippen LogP contribution in [-0.4, -0.2) is 11.2 Å². The lowest BCUT2D eigenvalue weighted by molar-refractivity contribution is 0.185. The Kier molecular flexibility index (Phi) is 3.94. The van der Waals surface area contributed by atoms with Gasteiger partial charge in [-0.25, -0.2) is 0 Å². The third-order valence-corrected chi connectivity index (χ3v) is 2.41. The van der Waals surface area contributed by atoms with E-state index in [1.807, 2.05) is 6.92 Å². The molecule has 0 saturated carbocycles. The number of rotatable bonds is 3. The molecule has 2 heteroatoms. The molecule has 13 heavy (non-hydrogen) atoms. The highest BCUT2D eigenvalue weighted by Gasteiger charge is 1.99. The van der Waals surface area contributed by atoms with Gasteiger partial charge in [-0.15, -0.1) is 0 Å². The van der Waals surface area contributed by atoms with Crippen molar-refractivity contribution in [1.82, 2.24) is 0 Å². The summed E-state index contributed by atoms with van der Waals surface area (Å²) in [7, 11) is 0. The number of aryl methyl sites for hydroxylation is 2. The van der Waals surface area contributed by atoms with Crippen LogP contribution in [0.1, 0.15) is 24.5 Å². The highest BCUT2D eigenvalue weighted by Crippen LogP contribution is 2.16. The highest BCUT2D eigenvalue weighted by molar-refractivity contribution is 9.10. The minimum atomic E-state index is -0.209. The number of aliphatic hydroxyl groups is 1. The van der Waals surface area contributed by atoms with E-state index in [4.69, 9.17) is 5.11 Å². The van der Waals surface area contributed by atoms with Crippen molar-refractivity contribution in [3.63, 3.8) is 0 Å². The minimum Gasteiger partial charge on any atom is -0.393 e. The van der Waals surface area contributed by atoms with Gasteiger partial charge in [0.05, 0.1) is 6.10 Å². The molecule has 0 saturated heterocycles. The molecule has 0 aliphatic carbocycles. The Labute approximate surface area is 87.9 Å². The van der Waals surface area contributed by atoms with E-state index in [9.17, 15) is 0 Å². The van der Waals surface area contributed by atoms with Crippen LogP contribution < -0.4 is 0 Å². The van der Waals surface area contributed by atoms with Crippen molar-refractivity contribution in [2.45, 2.75) is 32.8 Å². The Morgan fingerprint density at radius 1 is 1.38 bits per heavy atom. The van der Waals surface area contributed by atoms with E-state index in [2.05, 4.69) is 41.1 Å². The monoisotopic (exact) mass is 242 g/mol. The molecule has 0 spiro atoms. The lowest BCUT2D eigenvalue weighted by Crippen LogP contribution is -2.01. The molecule has 0 radical (unpaired) electrons. The van der Waals surface area contributed by atoms with Crippen LogP contribution in [0.25, 0.3) is 0 Å². The summed E-state index contributed by atoms with van der Waals surface area (Å²) in [5.74, 6) is 0. The number of aliphatic hydroxyl groups excluding tert-OH is 1.